The average Bonchev–Trinajstić information content (AvgIpc) is 3.30. The molecule has 3 heterocycles. The summed E-state index contributed by atoms with van der Waals surface area (Å²) in [5.74, 6) is -1.44. The summed E-state index contributed by atoms with van der Waals surface area (Å²) in [6, 6.07) is 1.48. The minimum absolute atomic E-state index is 0.146. The molecule has 0 aliphatic rings. The number of nitrogens with zero attached hydrogens (tertiary/aromatic N) is 6. The first-order valence-corrected chi connectivity index (χ1v) is 8.92. The van der Waals surface area contributed by atoms with Crippen LogP contribution in [-0.4, -0.2) is 46.3 Å². The summed E-state index contributed by atoms with van der Waals surface area (Å²) in [4.78, 5) is 23.2. The van der Waals surface area contributed by atoms with Crippen LogP contribution in [0.4, 0.5) is 5.69 Å². The summed E-state index contributed by atoms with van der Waals surface area (Å²) in [7, 11) is 0. The lowest BCUT2D eigenvalue weighted by Crippen LogP contribution is -2.16. The Kier molecular flexibility index (Phi) is 5.30. The molecular weight excluding hydrogens is 362 g/mol. The zero-order valence-corrected chi connectivity index (χ0v) is 16.3. The van der Waals surface area contributed by atoms with Crippen molar-refractivity contribution in [2.75, 3.05) is 5.32 Å². The van der Waals surface area contributed by atoms with Gasteiger partial charge in [-0.2, -0.15) is 15.3 Å². The molecule has 3 aromatic rings. The van der Waals surface area contributed by atoms with Gasteiger partial charge < -0.3 is 10.4 Å². The number of carbonyl (C=O) groups is 2. The Hall–Kier alpha value is -3.43. The van der Waals surface area contributed by atoms with Crippen LogP contribution in [0.3, 0.4) is 0 Å². The van der Waals surface area contributed by atoms with Crippen molar-refractivity contribution in [3.8, 4) is 0 Å². The minimum Gasteiger partial charge on any atom is -0.480 e. The van der Waals surface area contributed by atoms with Crippen LogP contribution in [0.2, 0.25) is 0 Å². The number of aromatic nitrogens is 6. The Morgan fingerprint density at radius 3 is 2.54 bits per heavy atom. The number of hydrogen-bond acceptors (Lipinski definition) is 5. The van der Waals surface area contributed by atoms with Gasteiger partial charge in [0.2, 0.25) is 0 Å². The fraction of sp³-hybridized carbons (Fsp3) is 0.389. The molecule has 0 saturated heterocycles. The number of rotatable bonds is 7. The van der Waals surface area contributed by atoms with E-state index in [1.54, 1.807) is 0 Å². The molecule has 2 N–H and O–H groups in total. The van der Waals surface area contributed by atoms with Crippen molar-refractivity contribution < 1.29 is 14.7 Å². The predicted molar refractivity (Wildman–Crippen MR) is 101 cm³/mol. The second-order valence-electron chi connectivity index (χ2n) is 6.52. The standard InChI is InChI=1S/C18H23N7O3/c1-5-24-12(3)14(8-19-24)9-25-13(4)17(11(2)21-25)20-18(28)15-6-7-23(22-15)10-16(26)27/h6-8H,5,9-10H2,1-4H3,(H,20,28)(H,26,27). The van der Waals surface area contributed by atoms with Gasteiger partial charge in [-0.05, 0) is 33.8 Å². The third-order valence-electron chi connectivity index (χ3n) is 4.62. The van der Waals surface area contributed by atoms with E-state index < -0.39 is 11.9 Å². The van der Waals surface area contributed by atoms with Crippen molar-refractivity contribution >= 4 is 17.6 Å². The lowest BCUT2D eigenvalue weighted by Gasteiger charge is -2.07. The Morgan fingerprint density at radius 1 is 1.14 bits per heavy atom. The fourth-order valence-electron chi connectivity index (χ4n) is 3.04. The van der Waals surface area contributed by atoms with Gasteiger partial charge in [0.25, 0.3) is 5.91 Å². The van der Waals surface area contributed by atoms with Gasteiger partial charge in [0, 0.05) is 24.0 Å². The number of anilines is 1. The van der Waals surface area contributed by atoms with Crippen LogP contribution in [0.15, 0.2) is 18.5 Å². The van der Waals surface area contributed by atoms with E-state index in [1.807, 2.05) is 43.3 Å². The van der Waals surface area contributed by atoms with E-state index in [0.29, 0.717) is 17.9 Å². The summed E-state index contributed by atoms with van der Waals surface area (Å²) in [6.45, 7) is 8.84. The lowest BCUT2D eigenvalue weighted by atomic mass is 10.2. The molecule has 0 atom stereocenters. The number of nitrogens with one attached hydrogen (secondary N) is 1. The van der Waals surface area contributed by atoms with E-state index in [-0.39, 0.29) is 12.2 Å². The maximum atomic E-state index is 12.5. The molecule has 0 aromatic carbocycles. The van der Waals surface area contributed by atoms with Crippen LogP contribution in [0.1, 0.15) is 40.1 Å². The molecule has 0 aliphatic carbocycles. The maximum absolute atomic E-state index is 12.5. The van der Waals surface area contributed by atoms with Gasteiger partial charge in [0.1, 0.15) is 6.54 Å². The van der Waals surface area contributed by atoms with E-state index in [4.69, 9.17) is 5.11 Å². The molecule has 1 amide bonds. The highest BCUT2D eigenvalue weighted by Gasteiger charge is 2.18. The smallest absolute Gasteiger partial charge is 0.325 e. The van der Waals surface area contributed by atoms with E-state index in [2.05, 4.69) is 20.6 Å². The molecular formula is C18H23N7O3. The number of carboxylic acids is 1. The number of aryl methyl sites for hydroxylation is 2. The normalized spacial score (nSPS) is 11.0. The molecule has 0 bridgehead atoms. The van der Waals surface area contributed by atoms with Gasteiger partial charge in [-0.3, -0.25) is 23.6 Å². The lowest BCUT2D eigenvalue weighted by molar-refractivity contribution is -0.137. The van der Waals surface area contributed by atoms with Crippen LogP contribution in [-0.2, 0) is 24.4 Å². The fourth-order valence-corrected chi connectivity index (χ4v) is 3.04. The van der Waals surface area contributed by atoms with Gasteiger partial charge in [-0.25, -0.2) is 0 Å². The van der Waals surface area contributed by atoms with Crippen LogP contribution >= 0.6 is 0 Å². The van der Waals surface area contributed by atoms with E-state index >= 15 is 0 Å². The molecule has 10 nitrogen and oxygen atoms in total. The highest BCUT2D eigenvalue weighted by Crippen LogP contribution is 2.22. The van der Waals surface area contributed by atoms with Crippen molar-refractivity contribution in [2.24, 2.45) is 0 Å². The first-order chi connectivity index (χ1) is 13.3. The van der Waals surface area contributed by atoms with Crippen molar-refractivity contribution in [3.63, 3.8) is 0 Å². The topological polar surface area (TPSA) is 120 Å². The molecule has 3 aromatic heterocycles. The zero-order chi connectivity index (χ0) is 20.4. The first-order valence-electron chi connectivity index (χ1n) is 8.92. The monoisotopic (exact) mass is 385 g/mol. The molecule has 0 fully saturated rings. The second-order valence-corrected chi connectivity index (χ2v) is 6.52. The molecule has 0 saturated carbocycles. The van der Waals surface area contributed by atoms with Gasteiger partial charge in [0.15, 0.2) is 5.69 Å². The molecule has 10 heteroatoms. The SMILES string of the molecule is CCn1ncc(Cn2nc(C)c(NC(=O)c3ccn(CC(=O)O)n3)c2C)c1C. The minimum atomic E-state index is -1.02. The molecule has 0 aliphatic heterocycles. The van der Waals surface area contributed by atoms with Crippen molar-refractivity contribution in [1.82, 2.24) is 29.3 Å². The Balaban J connectivity index is 1.77. The zero-order valence-electron chi connectivity index (χ0n) is 16.3. The third kappa shape index (κ3) is 3.80. The van der Waals surface area contributed by atoms with Crippen LogP contribution < -0.4 is 5.32 Å². The highest BCUT2D eigenvalue weighted by molar-refractivity contribution is 6.03. The van der Waals surface area contributed by atoms with Gasteiger partial charge in [0.05, 0.1) is 29.8 Å². The predicted octanol–water partition coefficient (Wildman–Crippen LogP) is 1.61. The summed E-state index contributed by atoms with van der Waals surface area (Å²) in [5, 5.41) is 24.5. The quantitative estimate of drug-likeness (QED) is 0.637. The Bertz CT molecular complexity index is 1030. The maximum Gasteiger partial charge on any atom is 0.325 e. The molecule has 0 unspecified atom stereocenters. The number of hydrogen-bond donors (Lipinski definition) is 2. The van der Waals surface area contributed by atoms with E-state index in [9.17, 15) is 9.59 Å². The number of amides is 1. The molecule has 3 rings (SSSR count). The molecule has 0 radical (unpaired) electrons. The van der Waals surface area contributed by atoms with Crippen molar-refractivity contribution in [2.45, 2.75) is 47.3 Å². The Morgan fingerprint density at radius 2 is 1.89 bits per heavy atom. The van der Waals surface area contributed by atoms with Crippen molar-refractivity contribution in [1.29, 1.82) is 0 Å². The molecule has 28 heavy (non-hydrogen) atoms. The van der Waals surface area contributed by atoms with Gasteiger partial charge >= 0.3 is 5.97 Å². The van der Waals surface area contributed by atoms with Crippen LogP contribution in [0, 0.1) is 20.8 Å². The summed E-state index contributed by atoms with van der Waals surface area (Å²) < 4.78 is 4.96. The number of carboxylic acid groups (broad SMARTS) is 1. The van der Waals surface area contributed by atoms with Crippen molar-refractivity contribution in [3.05, 3.63) is 46.8 Å². The first kappa shape index (κ1) is 19.3. The van der Waals surface area contributed by atoms with E-state index in [0.717, 1.165) is 23.5 Å². The average molecular weight is 385 g/mol. The summed E-state index contributed by atoms with van der Waals surface area (Å²) in [6.07, 6.45) is 3.29. The second kappa shape index (κ2) is 7.67. The molecule has 148 valence electrons. The number of aliphatic carboxylic acids is 1. The largest absolute Gasteiger partial charge is 0.480 e. The van der Waals surface area contributed by atoms with Crippen LogP contribution in [0.25, 0.3) is 0 Å². The third-order valence-corrected chi connectivity index (χ3v) is 4.62. The van der Waals surface area contributed by atoms with Crippen LogP contribution in [0.5, 0.6) is 0 Å². The summed E-state index contributed by atoms with van der Waals surface area (Å²) in [5.41, 5.74) is 4.43. The highest BCUT2D eigenvalue weighted by atomic mass is 16.4. The Labute approximate surface area is 161 Å². The number of carbonyl (C=O) groups excluding carboxylic acids is 1. The van der Waals surface area contributed by atoms with E-state index in [1.165, 1.54) is 16.9 Å². The summed E-state index contributed by atoms with van der Waals surface area (Å²) >= 11 is 0. The van der Waals surface area contributed by atoms with Gasteiger partial charge in [-0.1, -0.05) is 0 Å². The van der Waals surface area contributed by atoms with Gasteiger partial charge in [-0.15, -0.1) is 0 Å². The molecule has 0 spiro atoms.